The van der Waals surface area contributed by atoms with E-state index in [4.69, 9.17) is 9.47 Å². The van der Waals surface area contributed by atoms with Crippen LogP contribution in [0.5, 0.6) is 17.2 Å². The number of amides is 1. The number of ether oxygens (including phenoxy) is 2. The fourth-order valence-electron chi connectivity index (χ4n) is 5.70. The van der Waals surface area contributed by atoms with E-state index in [-0.39, 0.29) is 22.8 Å². The van der Waals surface area contributed by atoms with E-state index in [1.54, 1.807) is 48.4 Å². The van der Waals surface area contributed by atoms with Crippen molar-refractivity contribution in [2.24, 2.45) is 0 Å². The lowest BCUT2D eigenvalue weighted by Crippen LogP contribution is -2.30. The van der Waals surface area contributed by atoms with Gasteiger partial charge in [0.15, 0.2) is 11.5 Å². The molecule has 1 fully saturated rings. The molecule has 1 amide bonds. The third-order valence-electron chi connectivity index (χ3n) is 8.18. The molecule has 0 saturated carbocycles. The lowest BCUT2D eigenvalue weighted by molar-refractivity contribution is -0.139. The van der Waals surface area contributed by atoms with Crippen LogP contribution in [-0.4, -0.2) is 47.6 Å². The number of rotatable bonds is 19. The summed E-state index contributed by atoms with van der Waals surface area (Å²) < 4.78 is 10.5. The summed E-state index contributed by atoms with van der Waals surface area (Å²) in [5.74, 6) is -0.775. The summed E-state index contributed by atoms with van der Waals surface area (Å²) in [6, 6.07) is 10.7. The van der Waals surface area contributed by atoms with Crippen molar-refractivity contribution < 1.29 is 29.3 Å². The van der Waals surface area contributed by atoms with Crippen molar-refractivity contribution in [2.75, 3.05) is 20.8 Å². The molecule has 2 aromatic carbocycles. The van der Waals surface area contributed by atoms with Crippen molar-refractivity contribution in [1.82, 2.24) is 4.90 Å². The molecule has 1 aliphatic rings. The maximum absolute atomic E-state index is 13.3. The molecule has 42 heavy (non-hydrogen) atoms. The third kappa shape index (κ3) is 9.01. The number of benzene rings is 2. The van der Waals surface area contributed by atoms with Crippen LogP contribution in [0.25, 0.3) is 5.76 Å². The number of hydrogen-bond donors (Lipinski definition) is 2. The smallest absolute Gasteiger partial charge is 0.295 e. The summed E-state index contributed by atoms with van der Waals surface area (Å²) in [4.78, 5) is 28.1. The summed E-state index contributed by atoms with van der Waals surface area (Å²) in [7, 11) is 3.00. The molecule has 1 aliphatic heterocycles. The van der Waals surface area contributed by atoms with E-state index in [0.717, 1.165) is 19.3 Å². The minimum atomic E-state index is -0.788. The van der Waals surface area contributed by atoms with E-state index in [0.29, 0.717) is 23.4 Å². The molecule has 1 atom stereocenters. The number of aromatic hydroxyl groups is 1. The Morgan fingerprint density at radius 2 is 1.31 bits per heavy atom. The Morgan fingerprint density at radius 1 is 0.762 bits per heavy atom. The number of carbonyl (C=O) groups is 2. The second-order valence-corrected chi connectivity index (χ2v) is 11.2. The summed E-state index contributed by atoms with van der Waals surface area (Å²) >= 11 is 0. The Bertz CT molecular complexity index is 1170. The third-order valence-corrected chi connectivity index (χ3v) is 8.18. The molecular weight excluding hydrogens is 530 g/mol. The van der Waals surface area contributed by atoms with Gasteiger partial charge in [0.2, 0.25) is 0 Å². The zero-order chi connectivity index (χ0) is 30.3. The predicted octanol–water partition coefficient (Wildman–Crippen LogP) is 8.31. The first kappa shape index (κ1) is 33.0. The molecule has 0 aromatic heterocycles. The number of nitrogens with zero attached hydrogens (tertiary/aromatic N) is 1. The Morgan fingerprint density at radius 3 is 1.83 bits per heavy atom. The van der Waals surface area contributed by atoms with Gasteiger partial charge in [-0.2, -0.15) is 0 Å². The predicted molar refractivity (Wildman–Crippen MR) is 167 cm³/mol. The maximum Gasteiger partial charge on any atom is 0.295 e. The average Bonchev–Trinajstić information content (AvgIpc) is 3.26. The molecule has 0 bridgehead atoms. The van der Waals surface area contributed by atoms with Gasteiger partial charge in [-0.25, -0.2) is 0 Å². The second-order valence-electron chi connectivity index (χ2n) is 11.2. The van der Waals surface area contributed by atoms with Crippen molar-refractivity contribution >= 4 is 17.4 Å². The van der Waals surface area contributed by atoms with Crippen molar-refractivity contribution in [3.8, 4) is 17.2 Å². The van der Waals surface area contributed by atoms with Crippen LogP contribution in [0.1, 0.15) is 114 Å². The van der Waals surface area contributed by atoms with Crippen LogP contribution in [0.15, 0.2) is 48.0 Å². The van der Waals surface area contributed by atoms with E-state index < -0.39 is 17.7 Å². The number of methoxy groups -OCH3 is 2. The highest BCUT2D eigenvalue weighted by atomic mass is 16.5. The number of carbonyl (C=O) groups excluding carboxylic acids is 2. The molecule has 7 heteroatoms. The van der Waals surface area contributed by atoms with Gasteiger partial charge in [0.05, 0.1) is 25.8 Å². The molecule has 3 rings (SSSR count). The molecular formula is C35H49NO6. The van der Waals surface area contributed by atoms with E-state index in [1.807, 2.05) is 0 Å². The van der Waals surface area contributed by atoms with Gasteiger partial charge in [0.25, 0.3) is 11.7 Å². The number of Topliss-reactive ketones (excluding diaryl/α,β-unsaturated/α-hetero) is 1. The number of likely N-dealkylation sites (tertiary alicyclic amines) is 1. The Hall–Kier alpha value is -3.48. The summed E-state index contributed by atoms with van der Waals surface area (Å²) in [5.41, 5.74) is 1.04. The molecule has 0 radical (unpaired) electrons. The summed E-state index contributed by atoms with van der Waals surface area (Å²) in [6.07, 6.45) is 17.3. The van der Waals surface area contributed by atoms with Crippen molar-refractivity contribution in [3.63, 3.8) is 0 Å². The molecule has 1 heterocycles. The molecule has 2 N–H and O–H groups in total. The second kappa shape index (κ2) is 17.5. The lowest BCUT2D eigenvalue weighted by atomic mass is 9.95. The largest absolute Gasteiger partial charge is 0.507 e. The maximum atomic E-state index is 13.3. The van der Waals surface area contributed by atoms with Crippen LogP contribution in [0.3, 0.4) is 0 Å². The first-order valence-corrected chi connectivity index (χ1v) is 15.7. The molecule has 0 unspecified atom stereocenters. The molecule has 7 nitrogen and oxygen atoms in total. The van der Waals surface area contributed by atoms with Gasteiger partial charge in [0, 0.05) is 12.1 Å². The van der Waals surface area contributed by atoms with E-state index in [2.05, 4.69) is 6.92 Å². The Kier molecular flexibility index (Phi) is 13.7. The first-order chi connectivity index (χ1) is 20.4. The number of unbranched alkanes of at least 4 members (excludes halogenated alkanes) is 13. The number of aliphatic hydroxyl groups is 1. The molecule has 230 valence electrons. The number of phenolic OH excluding ortho intramolecular Hbond substituents is 1. The molecule has 1 saturated heterocycles. The lowest BCUT2D eigenvalue weighted by Gasteiger charge is -2.26. The quantitative estimate of drug-likeness (QED) is 0.0752. The normalized spacial score (nSPS) is 16.3. The van der Waals surface area contributed by atoms with Crippen LogP contribution in [-0.2, 0) is 9.59 Å². The minimum Gasteiger partial charge on any atom is -0.507 e. The molecule has 0 spiro atoms. The van der Waals surface area contributed by atoms with E-state index in [1.165, 1.54) is 83.8 Å². The number of phenols is 1. The van der Waals surface area contributed by atoms with Crippen LogP contribution in [0.4, 0.5) is 0 Å². The van der Waals surface area contributed by atoms with Gasteiger partial charge >= 0.3 is 0 Å². The highest BCUT2D eigenvalue weighted by molar-refractivity contribution is 6.46. The van der Waals surface area contributed by atoms with Crippen molar-refractivity contribution in [1.29, 1.82) is 0 Å². The SMILES string of the molecule is CCCCCCCCCCCCCCCCN1C(=O)C(=O)/C(=C(/O)c2ccc(OC)cc2)[C@H]1c1ccc(O)c(OC)c1. The van der Waals surface area contributed by atoms with E-state index in [9.17, 15) is 19.8 Å². The van der Waals surface area contributed by atoms with Gasteiger partial charge in [-0.1, -0.05) is 96.5 Å². The van der Waals surface area contributed by atoms with Gasteiger partial charge < -0.3 is 24.6 Å². The highest BCUT2D eigenvalue weighted by Crippen LogP contribution is 2.42. The fraction of sp³-hybridized carbons (Fsp3) is 0.543. The van der Waals surface area contributed by atoms with Gasteiger partial charge in [-0.15, -0.1) is 0 Å². The van der Waals surface area contributed by atoms with Crippen LogP contribution in [0, 0.1) is 0 Å². The number of hydrogen-bond acceptors (Lipinski definition) is 6. The monoisotopic (exact) mass is 579 g/mol. The van der Waals surface area contributed by atoms with Crippen molar-refractivity contribution in [2.45, 2.75) is 103 Å². The van der Waals surface area contributed by atoms with Crippen LogP contribution in [0.2, 0.25) is 0 Å². The number of ketones is 1. The molecule has 2 aromatic rings. The van der Waals surface area contributed by atoms with Gasteiger partial charge in [-0.3, -0.25) is 9.59 Å². The standard InChI is InChI=1S/C35H49NO6/c1-4-5-6-7-8-9-10-11-12-13-14-15-16-17-24-36-32(27-20-23-29(37)30(25-27)42-3)31(34(39)35(36)40)33(38)26-18-21-28(41-2)22-19-26/h18-23,25,32,37-38H,4-17,24H2,1-3H3/b33-31+/t32-/m1/s1. The first-order valence-electron chi connectivity index (χ1n) is 15.7. The van der Waals surface area contributed by atoms with E-state index >= 15 is 0 Å². The Labute approximate surface area is 251 Å². The summed E-state index contributed by atoms with van der Waals surface area (Å²) in [6.45, 7) is 2.65. The summed E-state index contributed by atoms with van der Waals surface area (Å²) in [5, 5.41) is 21.4. The highest BCUT2D eigenvalue weighted by Gasteiger charge is 2.46. The topological polar surface area (TPSA) is 96.3 Å². The number of aliphatic hydroxyl groups excluding tert-OH is 1. The zero-order valence-corrected chi connectivity index (χ0v) is 25.7. The average molecular weight is 580 g/mol. The van der Waals surface area contributed by atoms with Gasteiger partial charge in [-0.05, 0) is 48.4 Å². The van der Waals surface area contributed by atoms with Crippen LogP contribution < -0.4 is 9.47 Å². The molecule has 0 aliphatic carbocycles. The zero-order valence-electron chi connectivity index (χ0n) is 25.7. The van der Waals surface area contributed by atoms with Crippen molar-refractivity contribution in [3.05, 3.63) is 59.2 Å². The Balaban J connectivity index is 1.61. The van der Waals surface area contributed by atoms with Crippen LogP contribution >= 0.6 is 0 Å². The minimum absolute atomic E-state index is 0.0308. The van der Waals surface area contributed by atoms with Gasteiger partial charge in [0.1, 0.15) is 11.5 Å². The fourth-order valence-corrected chi connectivity index (χ4v) is 5.70.